The summed E-state index contributed by atoms with van der Waals surface area (Å²) in [6.07, 6.45) is 1.09. The molecule has 0 saturated carbocycles. The second-order valence-electron chi connectivity index (χ2n) is 2.58. The summed E-state index contributed by atoms with van der Waals surface area (Å²) in [7, 11) is 0. The molecule has 0 fully saturated rings. The van der Waals surface area contributed by atoms with E-state index in [0.29, 0.717) is 23.4 Å². The van der Waals surface area contributed by atoms with Crippen LogP contribution in [-0.4, -0.2) is 0 Å². The lowest BCUT2D eigenvalue weighted by atomic mass is 10.1. The first kappa shape index (κ1) is 9.58. The minimum atomic E-state index is 0.450. The largest absolute Gasteiger partial charge is 0.198 e. The van der Waals surface area contributed by atoms with E-state index in [1.807, 2.05) is 12.1 Å². The van der Waals surface area contributed by atoms with E-state index in [2.05, 4.69) is 0 Å². The Kier molecular flexibility index (Phi) is 3.31. The van der Waals surface area contributed by atoms with Gasteiger partial charge < -0.3 is 0 Å². The fourth-order valence-electron chi connectivity index (χ4n) is 1.01. The summed E-state index contributed by atoms with van der Waals surface area (Å²) < 4.78 is 0. The summed E-state index contributed by atoms with van der Waals surface area (Å²) in [4.78, 5) is 0. The van der Waals surface area contributed by atoms with Gasteiger partial charge in [0.25, 0.3) is 0 Å². The van der Waals surface area contributed by atoms with Crippen molar-refractivity contribution in [1.82, 2.24) is 0 Å². The van der Waals surface area contributed by atoms with Gasteiger partial charge in [-0.05, 0) is 24.1 Å². The van der Waals surface area contributed by atoms with Gasteiger partial charge in [-0.25, -0.2) is 0 Å². The molecule has 0 unspecified atom stereocenters. The Hall–Kier alpha value is -1.51. The first-order valence-corrected chi connectivity index (χ1v) is 4.21. The van der Waals surface area contributed by atoms with Gasteiger partial charge in [-0.2, -0.15) is 10.5 Å². The lowest BCUT2D eigenvalue weighted by Gasteiger charge is -2.00. The quantitative estimate of drug-likeness (QED) is 0.720. The molecule has 64 valence electrons. The van der Waals surface area contributed by atoms with Crippen molar-refractivity contribution in [3.8, 4) is 12.1 Å². The van der Waals surface area contributed by atoms with E-state index in [0.717, 1.165) is 5.56 Å². The number of halogens is 1. The maximum atomic E-state index is 8.57. The number of nitriles is 2. The van der Waals surface area contributed by atoms with Crippen molar-refractivity contribution in [2.24, 2.45) is 0 Å². The maximum absolute atomic E-state index is 8.57. The van der Waals surface area contributed by atoms with Gasteiger partial charge in [0.1, 0.15) is 0 Å². The van der Waals surface area contributed by atoms with Crippen LogP contribution in [0, 0.1) is 22.7 Å². The molecule has 2 nitrogen and oxygen atoms in total. The first-order chi connectivity index (χ1) is 6.27. The average Bonchev–Trinajstić information content (AvgIpc) is 2.16. The number of rotatable bonds is 2. The van der Waals surface area contributed by atoms with Crippen LogP contribution >= 0.6 is 11.6 Å². The summed E-state index contributed by atoms with van der Waals surface area (Å²) >= 11 is 5.88. The van der Waals surface area contributed by atoms with Crippen LogP contribution in [0.2, 0.25) is 5.02 Å². The van der Waals surface area contributed by atoms with Gasteiger partial charge in [-0.3, -0.25) is 0 Å². The molecule has 0 aromatic heterocycles. The predicted octanol–water partition coefficient (Wildman–Crippen LogP) is 2.67. The van der Waals surface area contributed by atoms with Crippen LogP contribution in [0.4, 0.5) is 0 Å². The van der Waals surface area contributed by atoms with E-state index in [1.54, 1.807) is 18.2 Å². The highest BCUT2D eigenvalue weighted by molar-refractivity contribution is 6.31. The summed E-state index contributed by atoms with van der Waals surface area (Å²) in [6, 6.07) is 9.17. The average molecular weight is 191 g/mol. The van der Waals surface area contributed by atoms with E-state index in [-0.39, 0.29) is 0 Å². The lowest BCUT2D eigenvalue weighted by Crippen LogP contribution is -1.86. The molecule has 13 heavy (non-hydrogen) atoms. The molecule has 0 spiro atoms. The molecular weight excluding hydrogens is 184 g/mol. The molecule has 0 heterocycles. The highest BCUT2D eigenvalue weighted by atomic mass is 35.5. The Balaban J connectivity index is 2.88. The summed E-state index contributed by atoms with van der Waals surface area (Å²) in [5.74, 6) is 0. The Morgan fingerprint density at radius 2 is 2.08 bits per heavy atom. The fourth-order valence-corrected chi connectivity index (χ4v) is 1.29. The Morgan fingerprint density at radius 3 is 2.62 bits per heavy atom. The van der Waals surface area contributed by atoms with Crippen LogP contribution in [0.15, 0.2) is 18.2 Å². The van der Waals surface area contributed by atoms with E-state index in [4.69, 9.17) is 22.1 Å². The summed E-state index contributed by atoms with van der Waals surface area (Å²) in [6.45, 7) is 0. The van der Waals surface area contributed by atoms with Crippen molar-refractivity contribution < 1.29 is 0 Å². The Morgan fingerprint density at radius 1 is 1.31 bits per heavy atom. The minimum absolute atomic E-state index is 0.450. The van der Waals surface area contributed by atoms with Crippen LogP contribution in [0.5, 0.6) is 0 Å². The smallest absolute Gasteiger partial charge is 0.0992 e. The van der Waals surface area contributed by atoms with Crippen molar-refractivity contribution in [2.75, 3.05) is 0 Å². The second kappa shape index (κ2) is 4.50. The maximum Gasteiger partial charge on any atom is 0.0992 e. The number of nitrogens with zero attached hydrogens (tertiary/aromatic N) is 2. The third kappa shape index (κ3) is 2.47. The van der Waals surface area contributed by atoms with Gasteiger partial charge in [0.2, 0.25) is 0 Å². The molecule has 0 N–H and O–H groups in total. The Bertz CT molecular complexity index is 385. The lowest BCUT2D eigenvalue weighted by molar-refractivity contribution is 1.01. The second-order valence-corrected chi connectivity index (χ2v) is 2.98. The zero-order chi connectivity index (χ0) is 9.68. The van der Waals surface area contributed by atoms with E-state index < -0.39 is 0 Å². The molecular formula is C10H7ClN2. The third-order valence-corrected chi connectivity index (χ3v) is 2.04. The molecule has 0 radical (unpaired) electrons. The molecule has 0 aliphatic carbocycles. The highest BCUT2D eigenvalue weighted by Crippen LogP contribution is 2.18. The normalized spacial score (nSPS) is 8.85. The minimum Gasteiger partial charge on any atom is -0.198 e. The molecule has 1 aromatic rings. The Labute approximate surface area is 82.0 Å². The van der Waals surface area contributed by atoms with Crippen LogP contribution in [0.25, 0.3) is 0 Å². The van der Waals surface area contributed by atoms with Gasteiger partial charge >= 0.3 is 0 Å². The van der Waals surface area contributed by atoms with Crippen LogP contribution in [0.3, 0.4) is 0 Å². The van der Waals surface area contributed by atoms with Crippen molar-refractivity contribution in [3.05, 3.63) is 34.3 Å². The molecule has 0 saturated heterocycles. The topological polar surface area (TPSA) is 47.6 Å². The van der Waals surface area contributed by atoms with Gasteiger partial charge in [0.15, 0.2) is 0 Å². The number of hydrogen-bond donors (Lipinski definition) is 0. The zero-order valence-electron chi connectivity index (χ0n) is 6.92. The summed E-state index contributed by atoms with van der Waals surface area (Å²) in [5.41, 5.74) is 1.47. The van der Waals surface area contributed by atoms with Crippen LogP contribution in [0.1, 0.15) is 17.5 Å². The molecule has 0 bridgehead atoms. The van der Waals surface area contributed by atoms with Gasteiger partial charge in [-0.15, -0.1) is 0 Å². The van der Waals surface area contributed by atoms with Gasteiger partial charge in [0, 0.05) is 11.4 Å². The van der Waals surface area contributed by atoms with Crippen molar-refractivity contribution in [3.63, 3.8) is 0 Å². The van der Waals surface area contributed by atoms with Gasteiger partial charge in [-0.1, -0.05) is 17.7 Å². The number of aryl methyl sites for hydroxylation is 1. The molecule has 0 amide bonds. The highest BCUT2D eigenvalue weighted by Gasteiger charge is 2.00. The monoisotopic (exact) mass is 190 g/mol. The molecule has 1 aromatic carbocycles. The van der Waals surface area contributed by atoms with Crippen molar-refractivity contribution >= 4 is 11.6 Å². The molecule has 3 heteroatoms. The fraction of sp³-hybridized carbons (Fsp3) is 0.200. The van der Waals surface area contributed by atoms with Crippen molar-refractivity contribution in [1.29, 1.82) is 10.5 Å². The molecule has 1 rings (SSSR count). The zero-order valence-corrected chi connectivity index (χ0v) is 7.67. The third-order valence-electron chi connectivity index (χ3n) is 1.69. The van der Waals surface area contributed by atoms with E-state index in [1.165, 1.54) is 0 Å². The SMILES string of the molecule is N#CCCc1ccc(C#N)cc1Cl. The van der Waals surface area contributed by atoms with Crippen LogP contribution in [-0.2, 0) is 6.42 Å². The standard InChI is InChI=1S/C10H7ClN2/c11-10-6-8(7-13)3-4-9(10)2-1-5-12/h3-4,6H,1-2H2. The van der Waals surface area contributed by atoms with E-state index in [9.17, 15) is 0 Å². The summed E-state index contributed by atoms with van der Waals surface area (Å²) in [5, 5.41) is 17.5. The van der Waals surface area contributed by atoms with Crippen molar-refractivity contribution in [2.45, 2.75) is 12.8 Å². The number of benzene rings is 1. The van der Waals surface area contributed by atoms with E-state index >= 15 is 0 Å². The molecule has 0 aliphatic rings. The van der Waals surface area contributed by atoms with Gasteiger partial charge in [0.05, 0.1) is 17.7 Å². The number of hydrogen-bond acceptors (Lipinski definition) is 2. The first-order valence-electron chi connectivity index (χ1n) is 3.83. The molecule has 0 atom stereocenters. The molecule has 0 aliphatic heterocycles. The van der Waals surface area contributed by atoms with Crippen LogP contribution < -0.4 is 0 Å². The predicted molar refractivity (Wildman–Crippen MR) is 50.1 cm³/mol.